The predicted octanol–water partition coefficient (Wildman–Crippen LogP) is 0.724. The highest BCUT2D eigenvalue weighted by molar-refractivity contribution is 7.09. The van der Waals surface area contributed by atoms with E-state index in [4.69, 9.17) is 5.73 Å². The van der Waals surface area contributed by atoms with Crippen LogP contribution in [0.1, 0.15) is 17.8 Å². The van der Waals surface area contributed by atoms with E-state index in [0.717, 1.165) is 30.9 Å². The SMILES string of the molecule is NC1(CNCc2nccs2)CC1. The molecule has 1 aromatic heterocycles. The lowest BCUT2D eigenvalue weighted by atomic mass is 10.3. The number of aromatic nitrogens is 1. The van der Waals surface area contributed by atoms with E-state index < -0.39 is 0 Å². The van der Waals surface area contributed by atoms with Gasteiger partial charge in [-0.05, 0) is 12.8 Å². The molecule has 0 unspecified atom stereocenters. The van der Waals surface area contributed by atoms with Crippen LogP contribution in [-0.2, 0) is 6.54 Å². The van der Waals surface area contributed by atoms with Crippen molar-refractivity contribution in [1.29, 1.82) is 0 Å². The minimum Gasteiger partial charge on any atom is -0.324 e. The molecule has 1 fully saturated rings. The molecule has 0 amide bonds. The first-order chi connectivity index (χ1) is 5.79. The molecule has 1 aliphatic carbocycles. The summed E-state index contributed by atoms with van der Waals surface area (Å²) in [6, 6.07) is 0. The van der Waals surface area contributed by atoms with E-state index in [1.54, 1.807) is 11.3 Å². The molecule has 1 aliphatic rings. The summed E-state index contributed by atoms with van der Waals surface area (Å²) in [6.45, 7) is 1.78. The Balaban J connectivity index is 1.69. The van der Waals surface area contributed by atoms with Crippen molar-refractivity contribution in [3.63, 3.8) is 0 Å². The Kier molecular flexibility index (Phi) is 2.12. The predicted molar refractivity (Wildman–Crippen MR) is 50.0 cm³/mol. The lowest BCUT2D eigenvalue weighted by Gasteiger charge is -2.08. The Morgan fingerprint density at radius 1 is 1.67 bits per heavy atom. The quantitative estimate of drug-likeness (QED) is 0.723. The van der Waals surface area contributed by atoms with Gasteiger partial charge in [0.25, 0.3) is 0 Å². The number of thiazole rings is 1. The molecule has 0 spiro atoms. The van der Waals surface area contributed by atoms with Crippen LogP contribution in [0.4, 0.5) is 0 Å². The molecule has 12 heavy (non-hydrogen) atoms. The Labute approximate surface area is 76.0 Å². The van der Waals surface area contributed by atoms with Crippen LogP contribution in [0.2, 0.25) is 0 Å². The molecule has 0 radical (unpaired) electrons. The van der Waals surface area contributed by atoms with Gasteiger partial charge < -0.3 is 11.1 Å². The van der Waals surface area contributed by atoms with Gasteiger partial charge in [-0.25, -0.2) is 4.98 Å². The fraction of sp³-hybridized carbons (Fsp3) is 0.625. The molecule has 2 rings (SSSR count). The molecule has 66 valence electrons. The van der Waals surface area contributed by atoms with Crippen LogP contribution in [-0.4, -0.2) is 17.1 Å². The number of nitrogens with one attached hydrogen (secondary N) is 1. The average molecular weight is 183 g/mol. The van der Waals surface area contributed by atoms with Gasteiger partial charge in [-0.1, -0.05) is 0 Å². The zero-order valence-electron chi connectivity index (χ0n) is 6.92. The van der Waals surface area contributed by atoms with E-state index in [9.17, 15) is 0 Å². The highest BCUT2D eigenvalue weighted by atomic mass is 32.1. The van der Waals surface area contributed by atoms with Crippen LogP contribution in [0.3, 0.4) is 0 Å². The Morgan fingerprint density at radius 3 is 3.08 bits per heavy atom. The van der Waals surface area contributed by atoms with Crippen LogP contribution in [0, 0.1) is 0 Å². The molecule has 0 bridgehead atoms. The normalized spacial score (nSPS) is 19.4. The molecule has 0 aliphatic heterocycles. The maximum atomic E-state index is 5.91. The molecule has 3 N–H and O–H groups in total. The van der Waals surface area contributed by atoms with Crippen molar-refractivity contribution in [2.24, 2.45) is 5.73 Å². The summed E-state index contributed by atoms with van der Waals surface area (Å²) in [4.78, 5) is 4.17. The second-order valence-corrected chi connectivity index (χ2v) is 4.37. The minimum absolute atomic E-state index is 0.108. The van der Waals surface area contributed by atoms with Gasteiger partial charge in [0.1, 0.15) is 5.01 Å². The monoisotopic (exact) mass is 183 g/mol. The highest BCUT2D eigenvalue weighted by Crippen LogP contribution is 2.30. The van der Waals surface area contributed by atoms with Gasteiger partial charge >= 0.3 is 0 Å². The summed E-state index contributed by atoms with van der Waals surface area (Å²) in [5, 5.41) is 6.44. The van der Waals surface area contributed by atoms with Crippen molar-refractivity contribution in [2.75, 3.05) is 6.54 Å². The Bertz CT molecular complexity index is 241. The first-order valence-corrected chi connectivity index (χ1v) is 5.04. The summed E-state index contributed by atoms with van der Waals surface area (Å²) in [5.74, 6) is 0. The molecule has 1 heterocycles. The summed E-state index contributed by atoms with van der Waals surface area (Å²) in [6.07, 6.45) is 4.16. The molecule has 3 nitrogen and oxygen atoms in total. The maximum Gasteiger partial charge on any atom is 0.106 e. The van der Waals surface area contributed by atoms with E-state index in [0.29, 0.717) is 0 Å². The van der Waals surface area contributed by atoms with E-state index in [2.05, 4.69) is 10.3 Å². The van der Waals surface area contributed by atoms with E-state index in [1.165, 1.54) is 0 Å². The lowest BCUT2D eigenvalue weighted by Crippen LogP contribution is -2.35. The van der Waals surface area contributed by atoms with Crippen molar-refractivity contribution < 1.29 is 0 Å². The topological polar surface area (TPSA) is 50.9 Å². The molecule has 0 aromatic carbocycles. The van der Waals surface area contributed by atoms with Gasteiger partial charge in [0.2, 0.25) is 0 Å². The zero-order chi connectivity index (χ0) is 8.44. The van der Waals surface area contributed by atoms with Crippen LogP contribution < -0.4 is 11.1 Å². The van der Waals surface area contributed by atoms with Gasteiger partial charge in [0.15, 0.2) is 0 Å². The van der Waals surface area contributed by atoms with E-state index in [-0.39, 0.29) is 5.54 Å². The van der Waals surface area contributed by atoms with Crippen LogP contribution >= 0.6 is 11.3 Å². The number of hydrogen-bond donors (Lipinski definition) is 2. The summed E-state index contributed by atoms with van der Waals surface area (Å²) in [7, 11) is 0. The summed E-state index contributed by atoms with van der Waals surface area (Å²) in [5.41, 5.74) is 6.01. The van der Waals surface area contributed by atoms with Crippen LogP contribution in [0.5, 0.6) is 0 Å². The third kappa shape index (κ3) is 2.03. The second-order valence-electron chi connectivity index (χ2n) is 3.39. The lowest BCUT2D eigenvalue weighted by molar-refractivity contribution is 0.568. The first-order valence-electron chi connectivity index (χ1n) is 4.16. The number of rotatable bonds is 4. The van der Waals surface area contributed by atoms with Crippen molar-refractivity contribution in [2.45, 2.75) is 24.9 Å². The third-order valence-corrected chi connectivity index (χ3v) is 2.91. The maximum absolute atomic E-state index is 5.91. The van der Waals surface area contributed by atoms with Crippen LogP contribution in [0.25, 0.3) is 0 Å². The molecule has 4 heteroatoms. The highest BCUT2D eigenvalue weighted by Gasteiger charge is 2.37. The van der Waals surface area contributed by atoms with E-state index >= 15 is 0 Å². The largest absolute Gasteiger partial charge is 0.324 e. The number of nitrogens with two attached hydrogens (primary N) is 1. The van der Waals surface area contributed by atoms with Gasteiger partial charge in [0.05, 0.1) is 0 Å². The fourth-order valence-corrected chi connectivity index (χ4v) is 1.68. The molecular weight excluding hydrogens is 170 g/mol. The van der Waals surface area contributed by atoms with E-state index in [1.807, 2.05) is 11.6 Å². The van der Waals surface area contributed by atoms with Gasteiger partial charge in [-0.2, -0.15) is 0 Å². The Hall–Kier alpha value is -0.450. The van der Waals surface area contributed by atoms with Crippen LogP contribution in [0.15, 0.2) is 11.6 Å². The zero-order valence-corrected chi connectivity index (χ0v) is 7.73. The molecule has 1 aromatic rings. The smallest absolute Gasteiger partial charge is 0.106 e. The number of hydrogen-bond acceptors (Lipinski definition) is 4. The van der Waals surface area contributed by atoms with Gasteiger partial charge in [0, 0.05) is 30.2 Å². The van der Waals surface area contributed by atoms with Crippen molar-refractivity contribution in [3.8, 4) is 0 Å². The third-order valence-electron chi connectivity index (χ3n) is 2.13. The molecule has 0 atom stereocenters. The van der Waals surface area contributed by atoms with Crippen molar-refractivity contribution in [1.82, 2.24) is 10.3 Å². The summed E-state index contributed by atoms with van der Waals surface area (Å²) < 4.78 is 0. The van der Waals surface area contributed by atoms with Gasteiger partial charge in [-0.15, -0.1) is 11.3 Å². The molecular formula is C8H13N3S. The number of nitrogens with zero attached hydrogens (tertiary/aromatic N) is 1. The second kappa shape index (κ2) is 3.12. The van der Waals surface area contributed by atoms with Crippen molar-refractivity contribution in [3.05, 3.63) is 16.6 Å². The fourth-order valence-electron chi connectivity index (χ4n) is 1.10. The minimum atomic E-state index is 0.108. The molecule has 1 saturated carbocycles. The standard InChI is InChI=1S/C8H13N3S/c9-8(1-2-8)6-10-5-7-11-3-4-12-7/h3-4,10H,1-2,5-6,9H2. The first kappa shape index (κ1) is 8.16. The van der Waals surface area contributed by atoms with Crippen molar-refractivity contribution >= 4 is 11.3 Å². The average Bonchev–Trinajstić information content (AvgIpc) is 2.61. The Morgan fingerprint density at radius 2 is 2.50 bits per heavy atom. The summed E-state index contributed by atoms with van der Waals surface area (Å²) >= 11 is 1.68. The molecule has 0 saturated heterocycles. The van der Waals surface area contributed by atoms with Gasteiger partial charge in [-0.3, -0.25) is 0 Å².